The number of nitro groups is 1. The zero-order chi connectivity index (χ0) is 26.9. The minimum atomic E-state index is -0.993. The average Bonchev–Trinajstić information content (AvgIpc) is 3.36. The van der Waals surface area contributed by atoms with Crippen molar-refractivity contribution < 1.29 is 19.3 Å². The number of halogens is 2. The lowest BCUT2D eigenvalue weighted by Gasteiger charge is -2.35. The molecule has 3 aromatic rings. The van der Waals surface area contributed by atoms with Gasteiger partial charge < -0.3 is 4.90 Å². The van der Waals surface area contributed by atoms with Gasteiger partial charge in [-0.05, 0) is 54.0 Å². The van der Waals surface area contributed by atoms with Gasteiger partial charge in [0.05, 0.1) is 33.5 Å². The number of amides is 2. The van der Waals surface area contributed by atoms with Crippen molar-refractivity contribution in [1.29, 1.82) is 0 Å². The monoisotopic (exact) mass is 547 g/mol. The molecule has 3 aromatic carbocycles. The quantitative estimate of drug-likeness (QED) is 0.182. The number of fused-ring (bicyclic) bond motifs is 5. The Morgan fingerprint density at radius 2 is 1.71 bits per heavy atom. The molecule has 2 amide bonds. The van der Waals surface area contributed by atoms with E-state index in [-0.39, 0.29) is 22.0 Å². The highest BCUT2D eigenvalue weighted by Crippen LogP contribution is 2.54. The maximum atomic E-state index is 14.0. The van der Waals surface area contributed by atoms with Crippen LogP contribution in [0, 0.1) is 28.9 Å². The van der Waals surface area contributed by atoms with Gasteiger partial charge in [0.2, 0.25) is 11.8 Å². The van der Waals surface area contributed by atoms with Gasteiger partial charge in [-0.15, -0.1) is 0 Å². The number of carbonyl (C=O) groups is 3. The maximum absolute atomic E-state index is 14.0. The van der Waals surface area contributed by atoms with Gasteiger partial charge >= 0.3 is 0 Å². The van der Waals surface area contributed by atoms with E-state index in [4.69, 9.17) is 23.2 Å². The molecule has 4 atom stereocenters. The summed E-state index contributed by atoms with van der Waals surface area (Å²) >= 11 is 12.4. The largest absolute Gasteiger partial charge is 0.358 e. The van der Waals surface area contributed by atoms with Crippen LogP contribution in [-0.4, -0.2) is 33.5 Å². The molecule has 10 heteroatoms. The zero-order valence-electron chi connectivity index (χ0n) is 19.9. The average molecular weight is 548 g/mol. The molecule has 0 spiro atoms. The maximum Gasteiger partial charge on any atom is 0.269 e. The van der Waals surface area contributed by atoms with Gasteiger partial charge in [-0.25, -0.2) is 4.90 Å². The third-order valence-electron chi connectivity index (χ3n) is 7.56. The fourth-order valence-electron chi connectivity index (χ4n) is 5.95. The van der Waals surface area contributed by atoms with E-state index in [0.29, 0.717) is 10.6 Å². The summed E-state index contributed by atoms with van der Waals surface area (Å²) in [6.45, 7) is 1.61. The van der Waals surface area contributed by atoms with Gasteiger partial charge in [-0.2, -0.15) is 0 Å². The van der Waals surface area contributed by atoms with Crippen LogP contribution in [0.2, 0.25) is 10.0 Å². The fourth-order valence-corrected chi connectivity index (χ4v) is 6.45. The Labute approximate surface area is 227 Å². The molecule has 0 aromatic heterocycles. The Morgan fingerprint density at radius 1 is 0.974 bits per heavy atom. The van der Waals surface area contributed by atoms with Crippen LogP contribution in [0.3, 0.4) is 0 Å². The van der Waals surface area contributed by atoms with Crippen molar-refractivity contribution in [2.75, 3.05) is 4.90 Å². The summed E-state index contributed by atoms with van der Waals surface area (Å²) in [5, 5.41) is 11.8. The highest BCUT2D eigenvalue weighted by atomic mass is 35.5. The molecule has 2 saturated heterocycles. The Morgan fingerprint density at radius 3 is 2.42 bits per heavy atom. The fraction of sp³-hybridized carbons (Fsp3) is 0.179. The summed E-state index contributed by atoms with van der Waals surface area (Å²) in [5.41, 5.74) is 2.47. The van der Waals surface area contributed by atoms with Crippen LogP contribution in [0.5, 0.6) is 0 Å². The number of nitro benzene ring substituents is 1. The van der Waals surface area contributed by atoms with Crippen molar-refractivity contribution in [3.63, 3.8) is 0 Å². The van der Waals surface area contributed by atoms with Crippen LogP contribution in [0.4, 0.5) is 11.4 Å². The molecule has 0 bridgehead atoms. The van der Waals surface area contributed by atoms with E-state index in [1.165, 1.54) is 30.3 Å². The van der Waals surface area contributed by atoms with Gasteiger partial charge in [-0.1, -0.05) is 47.5 Å². The van der Waals surface area contributed by atoms with Gasteiger partial charge in [0.25, 0.3) is 5.69 Å². The lowest BCUT2D eigenvalue weighted by atomic mass is 9.83. The Bertz CT molecular complexity index is 1600. The molecule has 38 heavy (non-hydrogen) atoms. The number of nitrogens with zero attached hydrogens (tertiary/aromatic N) is 3. The van der Waals surface area contributed by atoms with Crippen molar-refractivity contribution >= 4 is 58.3 Å². The standard InChI is InChI=1S/C28H19Cl2N3O5/c1-14-12-17(33(37)38)7-9-21(14)32-27(35)22-23(28(32)36)25(26(34)19-8-6-16(29)13-20(19)30)31-11-10-15-4-2-3-5-18(15)24(22)31/h2-13,22-25H,1H3/t22-,23+,24+,25+/m0/s1. The van der Waals surface area contributed by atoms with Gasteiger partial charge in [0.15, 0.2) is 5.78 Å². The van der Waals surface area contributed by atoms with E-state index in [0.717, 1.165) is 16.0 Å². The number of imide groups is 1. The molecule has 2 fully saturated rings. The van der Waals surface area contributed by atoms with Crippen LogP contribution >= 0.6 is 23.2 Å². The second-order valence-electron chi connectivity index (χ2n) is 9.56. The summed E-state index contributed by atoms with van der Waals surface area (Å²) in [6, 6.07) is 14.6. The second kappa shape index (κ2) is 8.79. The van der Waals surface area contributed by atoms with E-state index in [9.17, 15) is 24.5 Å². The number of Topliss-reactive ketones (excluding diaryl/α,β-unsaturated/α-hetero) is 1. The van der Waals surface area contributed by atoms with Gasteiger partial charge in [0.1, 0.15) is 6.04 Å². The zero-order valence-corrected chi connectivity index (χ0v) is 21.4. The lowest BCUT2D eigenvalue weighted by molar-refractivity contribution is -0.384. The van der Waals surface area contributed by atoms with Crippen LogP contribution < -0.4 is 4.90 Å². The molecule has 0 aliphatic carbocycles. The third kappa shape index (κ3) is 3.48. The van der Waals surface area contributed by atoms with Gasteiger partial charge in [-0.3, -0.25) is 24.5 Å². The summed E-state index contributed by atoms with van der Waals surface area (Å²) in [5.74, 6) is -3.20. The first-order valence-electron chi connectivity index (χ1n) is 11.9. The normalized spacial score (nSPS) is 23.3. The Kier molecular flexibility index (Phi) is 5.63. The van der Waals surface area contributed by atoms with Crippen molar-refractivity contribution in [3.05, 3.63) is 109 Å². The molecule has 3 heterocycles. The summed E-state index contributed by atoms with van der Waals surface area (Å²) < 4.78 is 0. The lowest BCUT2D eigenvalue weighted by Crippen LogP contribution is -2.44. The molecule has 0 N–H and O–H groups in total. The van der Waals surface area contributed by atoms with Crippen molar-refractivity contribution in [2.45, 2.75) is 19.0 Å². The molecule has 0 radical (unpaired) electrons. The van der Waals surface area contributed by atoms with Gasteiger partial charge in [0, 0.05) is 28.9 Å². The van der Waals surface area contributed by atoms with E-state index in [1.807, 2.05) is 30.3 Å². The highest BCUT2D eigenvalue weighted by molar-refractivity contribution is 6.37. The molecule has 190 valence electrons. The molecular formula is C28H19Cl2N3O5. The number of hydrogen-bond acceptors (Lipinski definition) is 6. The van der Waals surface area contributed by atoms with Crippen LogP contribution in [0.1, 0.15) is 33.1 Å². The number of non-ortho nitro benzene ring substituents is 1. The van der Waals surface area contributed by atoms with E-state index < -0.39 is 46.4 Å². The first-order valence-corrected chi connectivity index (χ1v) is 12.6. The number of hydrogen-bond donors (Lipinski definition) is 0. The minimum Gasteiger partial charge on any atom is -0.358 e. The molecule has 8 nitrogen and oxygen atoms in total. The smallest absolute Gasteiger partial charge is 0.269 e. The number of ketones is 1. The summed E-state index contributed by atoms with van der Waals surface area (Å²) in [7, 11) is 0. The number of aryl methyl sites for hydroxylation is 1. The number of anilines is 1. The number of carbonyl (C=O) groups excluding carboxylic acids is 3. The highest BCUT2D eigenvalue weighted by Gasteiger charge is 2.64. The number of rotatable bonds is 4. The topological polar surface area (TPSA) is 101 Å². The summed E-state index contributed by atoms with van der Waals surface area (Å²) in [4.78, 5) is 55.6. The second-order valence-corrected chi connectivity index (χ2v) is 10.4. The molecule has 3 aliphatic heterocycles. The number of benzene rings is 3. The first kappa shape index (κ1) is 24.3. The Hall–Kier alpha value is -4.01. The van der Waals surface area contributed by atoms with Crippen molar-refractivity contribution in [1.82, 2.24) is 4.90 Å². The molecular weight excluding hydrogens is 529 g/mol. The molecule has 3 aliphatic rings. The Balaban J connectivity index is 1.50. The molecule has 0 saturated carbocycles. The molecule has 0 unspecified atom stereocenters. The first-order chi connectivity index (χ1) is 18.2. The van der Waals surface area contributed by atoms with E-state index in [2.05, 4.69) is 0 Å². The van der Waals surface area contributed by atoms with Crippen LogP contribution in [0.25, 0.3) is 6.08 Å². The predicted molar refractivity (Wildman–Crippen MR) is 142 cm³/mol. The summed E-state index contributed by atoms with van der Waals surface area (Å²) in [6.07, 6.45) is 3.63. The SMILES string of the molecule is Cc1cc([N+](=O)[O-])ccc1N1C(=O)[C@@H]2[C@H](C1=O)[C@H]1c3ccccc3C=CN1[C@H]2C(=O)c1ccc(Cl)cc1Cl. The van der Waals surface area contributed by atoms with Crippen LogP contribution in [0.15, 0.2) is 66.9 Å². The van der Waals surface area contributed by atoms with Crippen LogP contribution in [-0.2, 0) is 9.59 Å². The third-order valence-corrected chi connectivity index (χ3v) is 8.11. The van der Waals surface area contributed by atoms with Crippen molar-refractivity contribution in [2.24, 2.45) is 11.8 Å². The van der Waals surface area contributed by atoms with Crippen molar-refractivity contribution in [3.8, 4) is 0 Å². The van der Waals surface area contributed by atoms with E-state index >= 15 is 0 Å². The predicted octanol–water partition coefficient (Wildman–Crippen LogP) is 5.61. The molecule has 6 rings (SSSR count). The minimum absolute atomic E-state index is 0.145. The van der Waals surface area contributed by atoms with E-state index in [1.54, 1.807) is 24.1 Å².